The van der Waals surface area contributed by atoms with E-state index in [0.717, 1.165) is 44.9 Å². The summed E-state index contributed by atoms with van der Waals surface area (Å²) in [4.78, 5) is 11.6. The number of aliphatic hydroxyl groups is 1. The van der Waals surface area contributed by atoms with Gasteiger partial charge in [0, 0.05) is 12.3 Å². The summed E-state index contributed by atoms with van der Waals surface area (Å²) in [5.74, 6) is 0.0978. The first-order valence-electron chi connectivity index (χ1n) is 9.90. The molecule has 3 heteroatoms. The molecule has 144 valence electrons. The number of hydrogen-bond donors (Lipinski definition) is 1. The van der Waals surface area contributed by atoms with Gasteiger partial charge in [0.2, 0.25) is 0 Å². The highest BCUT2D eigenvalue weighted by molar-refractivity contribution is 5.66. The molecule has 0 saturated carbocycles. The minimum Gasteiger partial charge on any atom is -0.462 e. The van der Waals surface area contributed by atoms with E-state index in [-0.39, 0.29) is 29.0 Å². The maximum absolute atomic E-state index is 11.6. The number of carbonyl (C=O) groups is 1. The van der Waals surface area contributed by atoms with E-state index in [2.05, 4.69) is 48.5 Å². The van der Waals surface area contributed by atoms with Crippen molar-refractivity contribution in [3.63, 3.8) is 0 Å². The van der Waals surface area contributed by atoms with E-state index in [1.54, 1.807) is 0 Å². The second kappa shape index (κ2) is 10.4. The molecule has 0 aromatic carbocycles. The maximum atomic E-state index is 11.6. The quantitative estimate of drug-likeness (QED) is 0.460. The molecule has 4 atom stereocenters. The van der Waals surface area contributed by atoms with Crippen molar-refractivity contribution < 1.29 is 14.6 Å². The third-order valence-corrected chi connectivity index (χ3v) is 6.08. The summed E-state index contributed by atoms with van der Waals surface area (Å²) in [5, 5.41) is 10.8. The van der Waals surface area contributed by atoms with Gasteiger partial charge in [0.25, 0.3) is 0 Å². The van der Waals surface area contributed by atoms with Crippen LogP contribution in [-0.4, -0.2) is 23.3 Å². The highest BCUT2D eigenvalue weighted by atomic mass is 16.5. The molecule has 0 bridgehead atoms. The summed E-state index contributed by atoms with van der Waals surface area (Å²) in [5.41, 5.74) is -0.254. The van der Waals surface area contributed by atoms with Gasteiger partial charge in [0.05, 0.1) is 6.10 Å². The van der Waals surface area contributed by atoms with Crippen LogP contribution in [0.3, 0.4) is 0 Å². The average Bonchev–Trinajstić information content (AvgIpc) is 2.46. The second-order valence-electron chi connectivity index (χ2n) is 8.46. The molecule has 0 aliphatic carbocycles. The van der Waals surface area contributed by atoms with Crippen LogP contribution in [0.5, 0.6) is 0 Å². The summed E-state index contributed by atoms with van der Waals surface area (Å²) < 4.78 is 5.72. The van der Waals surface area contributed by atoms with Crippen LogP contribution in [0.2, 0.25) is 0 Å². The molecule has 0 spiro atoms. The van der Waals surface area contributed by atoms with Gasteiger partial charge >= 0.3 is 5.97 Å². The monoisotopic (exact) mass is 342 g/mol. The molecule has 2 unspecified atom stereocenters. The van der Waals surface area contributed by atoms with Gasteiger partial charge in [-0.2, -0.15) is 0 Å². The summed E-state index contributed by atoms with van der Waals surface area (Å²) in [7, 11) is 0. The average molecular weight is 343 g/mol. The van der Waals surface area contributed by atoms with Crippen LogP contribution in [0, 0.1) is 16.7 Å². The fourth-order valence-electron chi connectivity index (χ4n) is 3.97. The van der Waals surface area contributed by atoms with Crippen LogP contribution in [0.1, 0.15) is 100 Å². The fraction of sp³-hybridized carbons (Fsp3) is 0.952. The molecule has 0 rings (SSSR count). The molecule has 24 heavy (non-hydrogen) atoms. The predicted molar refractivity (Wildman–Crippen MR) is 102 cm³/mol. The molecule has 3 nitrogen and oxygen atoms in total. The highest BCUT2D eigenvalue weighted by Crippen LogP contribution is 2.51. The molecule has 0 fully saturated rings. The van der Waals surface area contributed by atoms with Crippen molar-refractivity contribution in [2.24, 2.45) is 16.7 Å². The van der Waals surface area contributed by atoms with Crippen molar-refractivity contribution >= 4 is 5.97 Å². The van der Waals surface area contributed by atoms with Gasteiger partial charge < -0.3 is 9.84 Å². The summed E-state index contributed by atoms with van der Waals surface area (Å²) in [6, 6.07) is 0. The Labute approximate surface area is 150 Å². The van der Waals surface area contributed by atoms with Crippen molar-refractivity contribution in [3.8, 4) is 0 Å². The van der Waals surface area contributed by atoms with Crippen molar-refractivity contribution in [2.75, 3.05) is 0 Å². The van der Waals surface area contributed by atoms with Crippen molar-refractivity contribution in [3.05, 3.63) is 0 Å². The Bertz CT molecular complexity index is 364. The van der Waals surface area contributed by atoms with Crippen LogP contribution in [0.4, 0.5) is 0 Å². The largest absolute Gasteiger partial charge is 0.462 e. The summed E-state index contributed by atoms with van der Waals surface area (Å²) >= 11 is 0. The number of hydrogen-bond acceptors (Lipinski definition) is 3. The van der Waals surface area contributed by atoms with Gasteiger partial charge in [-0.1, -0.05) is 67.7 Å². The van der Waals surface area contributed by atoms with Gasteiger partial charge in [-0.05, 0) is 37.0 Å². The topological polar surface area (TPSA) is 46.5 Å². The van der Waals surface area contributed by atoms with E-state index >= 15 is 0 Å². The molecular formula is C21H42O3. The highest BCUT2D eigenvalue weighted by Gasteiger charge is 2.48. The molecular weight excluding hydrogens is 300 g/mol. The predicted octanol–water partition coefficient (Wildman–Crippen LogP) is 5.74. The number of carbonyl (C=O) groups excluding carboxylic acids is 1. The first kappa shape index (κ1) is 23.4. The molecule has 0 saturated heterocycles. The van der Waals surface area contributed by atoms with E-state index < -0.39 is 0 Å². The third kappa shape index (κ3) is 6.38. The minimum atomic E-state index is -0.305. The van der Waals surface area contributed by atoms with Gasteiger partial charge in [0.15, 0.2) is 0 Å². The first-order chi connectivity index (χ1) is 11.1. The number of rotatable bonds is 12. The van der Waals surface area contributed by atoms with Gasteiger partial charge in [-0.3, -0.25) is 4.79 Å². The van der Waals surface area contributed by atoms with Crippen LogP contribution < -0.4 is 0 Å². The molecule has 0 amide bonds. The number of aliphatic hydroxyl groups excluding tert-OH is 1. The van der Waals surface area contributed by atoms with Crippen LogP contribution >= 0.6 is 0 Å². The molecule has 0 aromatic heterocycles. The molecule has 0 heterocycles. The van der Waals surface area contributed by atoms with Crippen molar-refractivity contribution in [2.45, 2.75) is 113 Å². The third-order valence-electron chi connectivity index (χ3n) is 6.08. The van der Waals surface area contributed by atoms with E-state index in [9.17, 15) is 9.90 Å². The fourth-order valence-corrected chi connectivity index (χ4v) is 3.97. The molecule has 0 aromatic rings. The Hall–Kier alpha value is -0.570. The zero-order valence-electron chi connectivity index (χ0n) is 17.4. The SMILES string of the molecule is CCCC(OC(C)=O)C(C)(C)[C@@](C)(CCC)CC(O)[C@@H](C)CCC. The van der Waals surface area contributed by atoms with E-state index in [1.165, 1.54) is 6.92 Å². The lowest BCUT2D eigenvalue weighted by Crippen LogP contribution is -2.48. The van der Waals surface area contributed by atoms with Crippen molar-refractivity contribution in [1.29, 1.82) is 0 Å². The first-order valence-corrected chi connectivity index (χ1v) is 9.90. The Morgan fingerprint density at radius 2 is 1.58 bits per heavy atom. The minimum absolute atomic E-state index is 0.0710. The normalized spacial score (nSPS) is 18.5. The maximum Gasteiger partial charge on any atom is 0.302 e. The van der Waals surface area contributed by atoms with Gasteiger partial charge in [-0.15, -0.1) is 0 Å². The second-order valence-corrected chi connectivity index (χ2v) is 8.46. The molecule has 1 N–H and O–H groups in total. The summed E-state index contributed by atoms with van der Waals surface area (Å²) in [6.07, 6.45) is 6.43. The zero-order valence-corrected chi connectivity index (χ0v) is 17.4. The van der Waals surface area contributed by atoms with Crippen LogP contribution in [-0.2, 0) is 9.53 Å². The van der Waals surface area contributed by atoms with Crippen LogP contribution in [0.25, 0.3) is 0 Å². The summed E-state index contributed by atoms with van der Waals surface area (Å²) in [6.45, 7) is 16.8. The van der Waals surface area contributed by atoms with Crippen LogP contribution in [0.15, 0.2) is 0 Å². The number of esters is 1. The van der Waals surface area contributed by atoms with E-state index in [0.29, 0.717) is 5.92 Å². The number of ether oxygens (including phenoxy) is 1. The Morgan fingerprint density at radius 1 is 1.04 bits per heavy atom. The van der Waals surface area contributed by atoms with E-state index in [4.69, 9.17) is 4.74 Å². The Morgan fingerprint density at radius 3 is 2.00 bits per heavy atom. The zero-order chi connectivity index (χ0) is 19.0. The Balaban J connectivity index is 5.49. The van der Waals surface area contributed by atoms with Gasteiger partial charge in [-0.25, -0.2) is 0 Å². The smallest absolute Gasteiger partial charge is 0.302 e. The van der Waals surface area contributed by atoms with E-state index in [1.807, 2.05) is 0 Å². The Kier molecular flexibility index (Phi) is 10.2. The molecule has 0 aliphatic heterocycles. The molecule has 0 radical (unpaired) electrons. The van der Waals surface area contributed by atoms with Gasteiger partial charge in [0.1, 0.15) is 6.10 Å². The molecule has 0 aliphatic rings. The standard InChI is InChI=1S/C21H42O3/c1-9-12-16(4)18(23)15-21(8,14-11-3)20(6,7)19(13-10-2)24-17(5)22/h16,18-19,23H,9-15H2,1-8H3/t16-,18?,19?,21-/m0/s1. The lowest BCUT2D eigenvalue weighted by molar-refractivity contribution is -0.162. The lowest BCUT2D eigenvalue weighted by Gasteiger charge is -2.50. The van der Waals surface area contributed by atoms with Crippen molar-refractivity contribution in [1.82, 2.24) is 0 Å². The lowest BCUT2D eigenvalue weighted by atomic mass is 9.58.